The first kappa shape index (κ1) is 16.8. The number of aliphatic hydroxyl groups is 1. The predicted molar refractivity (Wildman–Crippen MR) is 76.6 cm³/mol. The molecule has 0 bridgehead atoms. The summed E-state index contributed by atoms with van der Waals surface area (Å²) in [5.41, 5.74) is -0.316. The monoisotopic (exact) mass is 293 g/mol. The molecule has 1 fully saturated rings. The number of nitrogens with zero attached hydrogens (tertiary/aromatic N) is 2. The lowest BCUT2D eigenvalue weighted by Gasteiger charge is -2.39. The van der Waals surface area contributed by atoms with E-state index in [1.54, 1.807) is 0 Å². The maximum atomic E-state index is 11.4. The Labute approximate surface area is 116 Å². The molecule has 114 valence electrons. The number of piperazine rings is 1. The Morgan fingerprint density at radius 2 is 1.84 bits per heavy atom. The average molecular weight is 293 g/mol. The molecule has 0 aromatic heterocycles. The van der Waals surface area contributed by atoms with Gasteiger partial charge in [0.1, 0.15) is 0 Å². The Hall–Kier alpha value is -0.210. The van der Waals surface area contributed by atoms with Gasteiger partial charge >= 0.3 is 0 Å². The van der Waals surface area contributed by atoms with Gasteiger partial charge in [-0.25, -0.2) is 8.42 Å². The van der Waals surface area contributed by atoms with Crippen LogP contribution in [0.1, 0.15) is 20.3 Å². The van der Waals surface area contributed by atoms with E-state index in [-0.39, 0.29) is 12.1 Å². The van der Waals surface area contributed by atoms with E-state index in [1.807, 2.05) is 6.92 Å². The van der Waals surface area contributed by atoms with Crippen molar-refractivity contribution >= 4 is 10.0 Å². The molecule has 6 nitrogen and oxygen atoms in total. The Morgan fingerprint density at radius 3 is 2.26 bits per heavy atom. The number of rotatable bonds is 7. The molecule has 0 amide bonds. The molecular weight excluding hydrogens is 266 g/mol. The van der Waals surface area contributed by atoms with Crippen LogP contribution in [0.3, 0.4) is 0 Å². The highest BCUT2D eigenvalue weighted by Gasteiger charge is 2.29. The predicted octanol–water partition coefficient (Wildman–Crippen LogP) is -0.686. The first-order valence-corrected chi connectivity index (χ1v) is 8.69. The minimum Gasteiger partial charge on any atom is -0.394 e. The van der Waals surface area contributed by atoms with Crippen LogP contribution in [-0.4, -0.2) is 80.4 Å². The van der Waals surface area contributed by atoms with Crippen molar-refractivity contribution in [2.75, 3.05) is 52.1 Å². The summed E-state index contributed by atoms with van der Waals surface area (Å²) >= 11 is 0. The average Bonchev–Trinajstić information content (AvgIpc) is 2.36. The van der Waals surface area contributed by atoms with E-state index in [0.29, 0.717) is 13.1 Å². The summed E-state index contributed by atoms with van der Waals surface area (Å²) < 4.78 is 24.4. The molecule has 1 atom stereocenters. The van der Waals surface area contributed by atoms with Crippen LogP contribution in [0.5, 0.6) is 0 Å². The summed E-state index contributed by atoms with van der Waals surface area (Å²) in [6.45, 7) is 8.30. The van der Waals surface area contributed by atoms with E-state index in [0.717, 1.165) is 32.6 Å². The zero-order valence-electron chi connectivity index (χ0n) is 12.2. The van der Waals surface area contributed by atoms with Crippen LogP contribution in [0.2, 0.25) is 0 Å². The molecule has 0 spiro atoms. The lowest BCUT2D eigenvalue weighted by atomic mass is 10.0. The van der Waals surface area contributed by atoms with Crippen molar-refractivity contribution in [3.8, 4) is 0 Å². The van der Waals surface area contributed by atoms with Crippen molar-refractivity contribution in [2.45, 2.75) is 25.8 Å². The van der Waals surface area contributed by atoms with E-state index in [1.165, 1.54) is 10.6 Å². The van der Waals surface area contributed by atoms with Gasteiger partial charge in [0, 0.05) is 32.7 Å². The number of nitrogens with one attached hydrogen (secondary N) is 1. The summed E-state index contributed by atoms with van der Waals surface area (Å²) in [6.07, 6.45) is 2.28. The van der Waals surface area contributed by atoms with Crippen LogP contribution in [0, 0.1) is 0 Å². The second-order valence-corrected chi connectivity index (χ2v) is 7.57. The normalized spacial score (nSPS) is 22.3. The molecule has 1 heterocycles. The first-order valence-electron chi connectivity index (χ1n) is 6.84. The van der Waals surface area contributed by atoms with Gasteiger partial charge < -0.3 is 10.4 Å². The zero-order chi connectivity index (χ0) is 14.5. The number of sulfonamides is 1. The Kier molecular flexibility index (Phi) is 6.19. The van der Waals surface area contributed by atoms with Crippen LogP contribution < -0.4 is 5.32 Å². The van der Waals surface area contributed by atoms with Crippen molar-refractivity contribution in [1.29, 1.82) is 0 Å². The fraction of sp³-hybridized carbons (Fsp3) is 1.00. The summed E-state index contributed by atoms with van der Waals surface area (Å²) in [7, 11) is -3.07. The van der Waals surface area contributed by atoms with Crippen LogP contribution >= 0.6 is 0 Å². The molecule has 19 heavy (non-hydrogen) atoms. The third-order valence-electron chi connectivity index (χ3n) is 3.52. The highest BCUT2D eigenvalue weighted by Crippen LogP contribution is 2.11. The number of aliphatic hydroxyl groups excluding tert-OH is 1. The third-order valence-corrected chi connectivity index (χ3v) is 4.83. The number of hydrogen-bond donors (Lipinski definition) is 2. The van der Waals surface area contributed by atoms with Gasteiger partial charge in [-0.3, -0.25) is 4.90 Å². The minimum absolute atomic E-state index is 0.0826. The van der Waals surface area contributed by atoms with Gasteiger partial charge in [0.25, 0.3) is 0 Å². The largest absolute Gasteiger partial charge is 0.394 e. The van der Waals surface area contributed by atoms with Crippen molar-refractivity contribution in [2.24, 2.45) is 0 Å². The van der Waals surface area contributed by atoms with Gasteiger partial charge in [-0.2, -0.15) is 4.31 Å². The molecule has 0 aliphatic carbocycles. The third kappa shape index (κ3) is 5.35. The Morgan fingerprint density at radius 1 is 1.26 bits per heavy atom. The molecule has 2 N–H and O–H groups in total. The molecule has 1 aliphatic heterocycles. The zero-order valence-corrected chi connectivity index (χ0v) is 13.0. The standard InChI is InChI=1S/C12H27N3O3S/c1-4-5-13-12(2,11-16)10-14-6-8-15(9-7-14)19(3,17)18/h13,16H,4-11H2,1-3H3. The molecule has 7 heteroatoms. The molecule has 1 unspecified atom stereocenters. The molecule has 0 saturated carbocycles. The van der Waals surface area contributed by atoms with E-state index in [9.17, 15) is 13.5 Å². The summed E-state index contributed by atoms with van der Waals surface area (Å²) in [5.74, 6) is 0. The van der Waals surface area contributed by atoms with E-state index < -0.39 is 10.0 Å². The molecular formula is C12H27N3O3S. The van der Waals surface area contributed by atoms with Gasteiger partial charge in [0.15, 0.2) is 0 Å². The van der Waals surface area contributed by atoms with Gasteiger partial charge in [0.05, 0.1) is 18.4 Å². The van der Waals surface area contributed by atoms with Gasteiger partial charge in [-0.1, -0.05) is 6.92 Å². The minimum atomic E-state index is -3.07. The number of hydrogen-bond acceptors (Lipinski definition) is 5. The smallest absolute Gasteiger partial charge is 0.211 e. The van der Waals surface area contributed by atoms with Crippen molar-refractivity contribution in [3.63, 3.8) is 0 Å². The van der Waals surface area contributed by atoms with Crippen LogP contribution in [0.4, 0.5) is 0 Å². The second-order valence-electron chi connectivity index (χ2n) is 5.58. The van der Waals surface area contributed by atoms with E-state index >= 15 is 0 Å². The van der Waals surface area contributed by atoms with Crippen molar-refractivity contribution in [3.05, 3.63) is 0 Å². The Balaban J connectivity index is 2.47. The van der Waals surface area contributed by atoms with Crippen molar-refractivity contribution < 1.29 is 13.5 Å². The lowest BCUT2D eigenvalue weighted by Crippen LogP contribution is -2.58. The highest BCUT2D eigenvalue weighted by molar-refractivity contribution is 7.88. The van der Waals surface area contributed by atoms with Crippen LogP contribution in [0.15, 0.2) is 0 Å². The quantitative estimate of drug-likeness (QED) is 0.650. The fourth-order valence-electron chi connectivity index (χ4n) is 2.30. The summed E-state index contributed by atoms with van der Waals surface area (Å²) in [5, 5.41) is 12.9. The molecule has 1 aliphatic rings. The molecule has 0 aromatic carbocycles. The maximum Gasteiger partial charge on any atom is 0.211 e. The second kappa shape index (κ2) is 6.99. The van der Waals surface area contributed by atoms with Gasteiger partial charge in [-0.15, -0.1) is 0 Å². The SMILES string of the molecule is CCCNC(C)(CO)CN1CCN(S(C)(=O)=O)CC1. The summed E-state index contributed by atoms with van der Waals surface area (Å²) in [6, 6.07) is 0. The van der Waals surface area contributed by atoms with Crippen molar-refractivity contribution in [1.82, 2.24) is 14.5 Å². The lowest BCUT2D eigenvalue weighted by molar-refractivity contribution is 0.0992. The Bertz CT molecular complexity index is 366. The van der Waals surface area contributed by atoms with Gasteiger partial charge in [-0.05, 0) is 19.9 Å². The molecule has 1 saturated heterocycles. The van der Waals surface area contributed by atoms with E-state index in [2.05, 4.69) is 17.1 Å². The fourth-order valence-corrected chi connectivity index (χ4v) is 3.13. The van der Waals surface area contributed by atoms with Gasteiger partial charge in [0.2, 0.25) is 10.0 Å². The van der Waals surface area contributed by atoms with Crippen LogP contribution in [0.25, 0.3) is 0 Å². The topological polar surface area (TPSA) is 72.9 Å². The van der Waals surface area contributed by atoms with E-state index in [4.69, 9.17) is 0 Å². The molecule has 0 aromatic rings. The molecule has 1 rings (SSSR count). The highest BCUT2D eigenvalue weighted by atomic mass is 32.2. The summed E-state index contributed by atoms with van der Waals surface area (Å²) in [4.78, 5) is 2.21. The maximum absolute atomic E-state index is 11.4. The van der Waals surface area contributed by atoms with Crippen LogP contribution in [-0.2, 0) is 10.0 Å². The first-order chi connectivity index (χ1) is 8.80. The molecule has 0 radical (unpaired) electrons.